The van der Waals surface area contributed by atoms with Crippen LogP contribution in [0.25, 0.3) is 10.9 Å². The van der Waals surface area contributed by atoms with Gasteiger partial charge >= 0.3 is 0 Å². The summed E-state index contributed by atoms with van der Waals surface area (Å²) in [5, 5.41) is 5.64. The largest absolute Gasteiger partial charge is 0.282 e. The van der Waals surface area contributed by atoms with E-state index in [9.17, 15) is 4.79 Å². The lowest BCUT2D eigenvalue weighted by atomic mass is 10.2. The first-order valence-corrected chi connectivity index (χ1v) is 7.30. The molecule has 0 bridgehead atoms. The third kappa shape index (κ3) is 2.63. The highest BCUT2D eigenvalue weighted by Crippen LogP contribution is 2.22. The summed E-state index contributed by atoms with van der Waals surface area (Å²) in [6.45, 7) is 1.72. The Morgan fingerprint density at radius 3 is 2.50 bits per heavy atom. The van der Waals surface area contributed by atoms with Crippen molar-refractivity contribution in [1.29, 1.82) is 0 Å². The van der Waals surface area contributed by atoms with E-state index in [-0.39, 0.29) is 5.56 Å². The van der Waals surface area contributed by atoms with Crippen LogP contribution >= 0.6 is 23.2 Å². The summed E-state index contributed by atoms with van der Waals surface area (Å²) in [5.41, 5.74) is 0.972. The van der Waals surface area contributed by atoms with Gasteiger partial charge in [-0.3, -0.25) is 4.79 Å². The minimum atomic E-state index is -0.234. The molecule has 1 aromatic heterocycles. The van der Waals surface area contributed by atoms with Crippen LogP contribution in [0.2, 0.25) is 10.0 Å². The average molecular weight is 332 g/mol. The van der Waals surface area contributed by atoms with Crippen molar-refractivity contribution in [2.24, 2.45) is 5.10 Å². The van der Waals surface area contributed by atoms with Crippen LogP contribution in [0.3, 0.4) is 0 Å². The minimum Gasteiger partial charge on any atom is -0.267 e. The summed E-state index contributed by atoms with van der Waals surface area (Å²) in [6, 6.07) is 12.3. The summed E-state index contributed by atoms with van der Waals surface area (Å²) >= 11 is 12.2. The normalized spacial score (nSPS) is 11.4. The maximum Gasteiger partial charge on any atom is 0.282 e. The number of halogens is 2. The van der Waals surface area contributed by atoms with Crippen molar-refractivity contribution < 1.29 is 0 Å². The van der Waals surface area contributed by atoms with Crippen molar-refractivity contribution >= 4 is 40.3 Å². The molecule has 3 rings (SSSR count). The van der Waals surface area contributed by atoms with Gasteiger partial charge < -0.3 is 0 Å². The summed E-state index contributed by atoms with van der Waals surface area (Å²) in [4.78, 5) is 16.9. The topological polar surface area (TPSA) is 47.2 Å². The minimum absolute atomic E-state index is 0.234. The van der Waals surface area contributed by atoms with E-state index in [0.29, 0.717) is 32.3 Å². The number of rotatable bonds is 2. The highest BCUT2D eigenvalue weighted by molar-refractivity contribution is 6.38. The standard InChI is InChI=1S/C16H11Cl2N3O/c1-10-20-15-8-3-2-5-11(15)16(22)21(10)19-9-12-13(17)6-4-7-14(12)18/h2-9H,1H3/b19-9-. The maximum absolute atomic E-state index is 12.5. The lowest BCUT2D eigenvalue weighted by Crippen LogP contribution is -2.20. The lowest BCUT2D eigenvalue weighted by Gasteiger charge is -2.06. The van der Waals surface area contributed by atoms with Gasteiger partial charge in [0, 0.05) is 5.56 Å². The highest BCUT2D eigenvalue weighted by Gasteiger charge is 2.07. The monoisotopic (exact) mass is 331 g/mol. The second-order valence-electron chi connectivity index (χ2n) is 4.67. The van der Waals surface area contributed by atoms with Gasteiger partial charge in [-0.25, -0.2) is 4.98 Å². The SMILES string of the molecule is Cc1nc2ccccc2c(=O)n1/N=C\c1c(Cl)cccc1Cl. The Balaban J connectivity index is 2.15. The third-order valence-corrected chi connectivity index (χ3v) is 3.88. The zero-order valence-electron chi connectivity index (χ0n) is 11.6. The molecule has 0 atom stereocenters. The van der Waals surface area contributed by atoms with Gasteiger partial charge in [0.25, 0.3) is 5.56 Å². The zero-order chi connectivity index (χ0) is 15.7. The molecular formula is C16H11Cl2N3O. The van der Waals surface area contributed by atoms with Crippen molar-refractivity contribution in [3.8, 4) is 0 Å². The molecule has 0 saturated heterocycles. The van der Waals surface area contributed by atoms with Gasteiger partial charge in [-0.15, -0.1) is 0 Å². The second-order valence-corrected chi connectivity index (χ2v) is 5.49. The first-order chi connectivity index (χ1) is 10.6. The number of nitrogens with zero attached hydrogens (tertiary/aromatic N) is 3. The zero-order valence-corrected chi connectivity index (χ0v) is 13.1. The summed E-state index contributed by atoms with van der Waals surface area (Å²) in [7, 11) is 0. The molecule has 110 valence electrons. The summed E-state index contributed by atoms with van der Waals surface area (Å²) in [6.07, 6.45) is 1.47. The van der Waals surface area contributed by atoms with E-state index in [2.05, 4.69) is 10.1 Å². The Morgan fingerprint density at radius 1 is 1.09 bits per heavy atom. The van der Waals surface area contributed by atoms with Gasteiger partial charge in [0.05, 0.1) is 27.2 Å². The molecule has 22 heavy (non-hydrogen) atoms. The fraction of sp³-hybridized carbons (Fsp3) is 0.0625. The van der Waals surface area contributed by atoms with Gasteiger partial charge in [-0.2, -0.15) is 9.78 Å². The van der Waals surface area contributed by atoms with E-state index in [4.69, 9.17) is 23.2 Å². The molecule has 0 fully saturated rings. The van der Waals surface area contributed by atoms with Crippen molar-refractivity contribution in [2.45, 2.75) is 6.92 Å². The van der Waals surface area contributed by atoms with Gasteiger partial charge in [0.2, 0.25) is 0 Å². The van der Waals surface area contributed by atoms with Crippen LogP contribution in [0.1, 0.15) is 11.4 Å². The number of aromatic nitrogens is 2. The van der Waals surface area contributed by atoms with Crippen molar-refractivity contribution in [3.05, 3.63) is 74.3 Å². The molecule has 2 aromatic carbocycles. The van der Waals surface area contributed by atoms with Gasteiger partial charge in [-0.05, 0) is 31.2 Å². The number of fused-ring (bicyclic) bond motifs is 1. The van der Waals surface area contributed by atoms with E-state index < -0.39 is 0 Å². The molecule has 1 heterocycles. The smallest absolute Gasteiger partial charge is 0.267 e. The number of benzene rings is 2. The molecule has 0 unspecified atom stereocenters. The molecule has 0 aliphatic rings. The molecule has 0 amide bonds. The molecular weight excluding hydrogens is 321 g/mol. The first-order valence-electron chi connectivity index (χ1n) is 6.54. The quantitative estimate of drug-likeness (QED) is 0.668. The molecule has 0 aliphatic heterocycles. The van der Waals surface area contributed by atoms with Crippen molar-refractivity contribution in [1.82, 2.24) is 9.66 Å². The molecule has 0 N–H and O–H groups in total. The Hall–Kier alpha value is -2.17. The van der Waals surface area contributed by atoms with Crippen LogP contribution in [-0.4, -0.2) is 15.9 Å². The van der Waals surface area contributed by atoms with Crippen molar-refractivity contribution in [3.63, 3.8) is 0 Å². The summed E-state index contributed by atoms with van der Waals surface area (Å²) in [5.74, 6) is 0.489. The van der Waals surface area contributed by atoms with E-state index in [0.717, 1.165) is 0 Å². The number of aryl methyl sites for hydroxylation is 1. The molecule has 3 aromatic rings. The predicted octanol–water partition coefficient (Wildman–Crippen LogP) is 3.89. The molecule has 4 nitrogen and oxygen atoms in total. The Morgan fingerprint density at radius 2 is 1.77 bits per heavy atom. The molecule has 0 saturated carbocycles. The van der Waals surface area contributed by atoms with E-state index in [1.807, 2.05) is 6.07 Å². The molecule has 0 spiro atoms. The van der Waals surface area contributed by atoms with E-state index >= 15 is 0 Å². The van der Waals surface area contributed by atoms with Gasteiger partial charge in [0.15, 0.2) is 0 Å². The molecule has 6 heteroatoms. The fourth-order valence-electron chi connectivity index (χ4n) is 2.12. The van der Waals surface area contributed by atoms with Crippen LogP contribution in [0.4, 0.5) is 0 Å². The molecule has 0 aliphatic carbocycles. The second kappa shape index (κ2) is 5.91. The van der Waals surface area contributed by atoms with Crippen LogP contribution in [0.15, 0.2) is 52.4 Å². The van der Waals surface area contributed by atoms with Crippen LogP contribution in [0.5, 0.6) is 0 Å². The number of hydrogen-bond donors (Lipinski definition) is 0. The highest BCUT2D eigenvalue weighted by atomic mass is 35.5. The Kier molecular flexibility index (Phi) is 3.96. The number of hydrogen-bond acceptors (Lipinski definition) is 3. The van der Waals surface area contributed by atoms with E-state index in [1.165, 1.54) is 10.9 Å². The van der Waals surface area contributed by atoms with Crippen molar-refractivity contribution in [2.75, 3.05) is 0 Å². The van der Waals surface area contributed by atoms with Gasteiger partial charge in [0.1, 0.15) is 5.82 Å². The third-order valence-electron chi connectivity index (χ3n) is 3.22. The van der Waals surface area contributed by atoms with Crippen LogP contribution in [0, 0.1) is 6.92 Å². The Labute approximate surface area is 136 Å². The van der Waals surface area contributed by atoms with Crippen LogP contribution in [-0.2, 0) is 0 Å². The first kappa shape index (κ1) is 14.8. The molecule has 0 radical (unpaired) electrons. The predicted molar refractivity (Wildman–Crippen MR) is 90.2 cm³/mol. The van der Waals surface area contributed by atoms with Crippen LogP contribution < -0.4 is 5.56 Å². The lowest BCUT2D eigenvalue weighted by molar-refractivity contribution is 0.771. The summed E-state index contributed by atoms with van der Waals surface area (Å²) < 4.78 is 1.24. The Bertz CT molecular complexity index is 928. The maximum atomic E-state index is 12.5. The number of para-hydroxylation sites is 1. The average Bonchev–Trinajstić information content (AvgIpc) is 2.49. The van der Waals surface area contributed by atoms with E-state index in [1.54, 1.807) is 43.3 Å². The van der Waals surface area contributed by atoms with Gasteiger partial charge in [-0.1, -0.05) is 41.4 Å². The fourth-order valence-corrected chi connectivity index (χ4v) is 2.62.